The van der Waals surface area contributed by atoms with Gasteiger partial charge in [0.15, 0.2) is 0 Å². The third-order valence-electron chi connectivity index (χ3n) is 4.53. The van der Waals surface area contributed by atoms with Gasteiger partial charge in [0.2, 0.25) is 11.8 Å². The minimum atomic E-state index is -0.491. The Morgan fingerprint density at radius 2 is 1.75 bits per heavy atom. The maximum Gasteiger partial charge on any atom is 0.272 e. The van der Waals surface area contributed by atoms with Gasteiger partial charge in [0, 0.05) is 37.4 Å². The fraction of sp³-hybridized carbons (Fsp3) is 0.421. The number of primary amides is 1. The van der Waals surface area contributed by atoms with Crippen molar-refractivity contribution in [3.63, 3.8) is 0 Å². The maximum absolute atomic E-state index is 12.7. The van der Waals surface area contributed by atoms with Gasteiger partial charge in [0.25, 0.3) is 5.91 Å². The monoisotopic (exact) mass is 405 g/mol. The second kappa shape index (κ2) is 9.50. The van der Waals surface area contributed by atoms with Crippen LogP contribution in [0.2, 0.25) is 0 Å². The Bertz CT molecular complexity index is 774. The molecule has 28 heavy (non-hydrogen) atoms. The van der Waals surface area contributed by atoms with Crippen molar-refractivity contribution in [3.8, 4) is 0 Å². The Labute approximate surface area is 169 Å². The van der Waals surface area contributed by atoms with E-state index in [1.165, 1.54) is 11.8 Å². The predicted molar refractivity (Wildman–Crippen MR) is 111 cm³/mol. The first-order chi connectivity index (χ1) is 13.3. The zero-order chi connectivity index (χ0) is 20.8. The Morgan fingerprint density at radius 3 is 2.25 bits per heavy atom. The van der Waals surface area contributed by atoms with Gasteiger partial charge in [-0.1, -0.05) is 11.8 Å². The van der Waals surface area contributed by atoms with Crippen LogP contribution in [0.15, 0.2) is 35.0 Å². The zero-order valence-corrected chi connectivity index (χ0v) is 17.2. The molecular weight excluding hydrogens is 378 g/mol. The van der Waals surface area contributed by atoms with Crippen LogP contribution >= 0.6 is 11.8 Å². The van der Waals surface area contributed by atoms with Crippen LogP contribution in [0.5, 0.6) is 0 Å². The molecule has 0 saturated carbocycles. The first kappa shape index (κ1) is 21.6. The molecule has 1 aromatic carbocycles. The van der Waals surface area contributed by atoms with Crippen molar-refractivity contribution < 1.29 is 14.4 Å². The summed E-state index contributed by atoms with van der Waals surface area (Å²) in [6.07, 6.45) is 0. The fourth-order valence-corrected chi connectivity index (χ4v) is 4.12. The molecule has 1 aliphatic rings. The van der Waals surface area contributed by atoms with E-state index in [1.807, 2.05) is 20.8 Å². The lowest BCUT2D eigenvalue weighted by atomic mass is 10.2. The summed E-state index contributed by atoms with van der Waals surface area (Å²) < 4.78 is 0. The Morgan fingerprint density at radius 1 is 1.14 bits per heavy atom. The summed E-state index contributed by atoms with van der Waals surface area (Å²) in [5, 5.41) is 3.30. The van der Waals surface area contributed by atoms with Gasteiger partial charge < -0.3 is 26.6 Å². The Kier molecular flexibility index (Phi) is 7.33. The molecule has 8 nitrogen and oxygen atoms in total. The van der Waals surface area contributed by atoms with Crippen LogP contribution in [-0.2, 0) is 9.59 Å². The molecule has 0 aliphatic carbocycles. The van der Waals surface area contributed by atoms with Crippen molar-refractivity contribution >= 4 is 35.2 Å². The highest BCUT2D eigenvalue weighted by atomic mass is 32.2. The topological polar surface area (TPSA) is 122 Å². The van der Waals surface area contributed by atoms with Gasteiger partial charge in [0.1, 0.15) is 16.0 Å². The molecule has 3 amide bonds. The summed E-state index contributed by atoms with van der Waals surface area (Å²) in [6, 6.07) is 6.71. The second-order valence-corrected chi connectivity index (χ2v) is 7.40. The number of nitrogens with zero attached hydrogens (tertiary/aromatic N) is 2. The number of likely N-dealkylation sites (N-methyl/N-ethyl adjacent to an activating group) is 1. The van der Waals surface area contributed by atoms with Crippen LogP contribution in [0.25, 0.3) is 0 Å². The average Bonchev–Trinajstić information content (AvgIpc) is 3.02. The molecule has 9 heteroatoms. The molecule has 0 bridgehead atoms. The molecule has 1 fully saturated rings. The molecular formula is C19H27N5O3S. The van der Waals surface area contributed by atoms with Crippen LogP contribution in [0.4, 0.5) is 5.69 Å². The average molecular weight is 406 g/mol. The number of amides is 3. The zero-order valence-electron chi connectivity index (χ0n) is 16.4. The van der Waals surface area contributed by atoms with Gasteiger partial charge in [-0.05, 0) is 45.0 Å². The third-order valence-corrected chi connectivity index (χ3v) is 5.85. The minimum Gasteiger partial charge on any atom is -0.392 e. The molecule has 152 valence electrons. The standard InChI is InChI=1S/C19H27N5O3S/c1-4-23(5-2)18(27)15(20)19-24(6-3)17(26)14(28-19)11-22-13-9-7-12(8-10-13)16(21)25/h7-10,14,22H,4-6,11,20H2,1-3H3,(H2,21,25)/b19-15+/t14-/m1/s1. The van der Waals surface area contributed by atoms with E-state index in [4.69, 9.17) is 11.5 Å². The van der Waals surface area contributed by atoms with E-state index in [-0.39, 0.29) is 17.5 Å². The number of nitrogens with two attached hydrogens (primary N) is 2. The smallest absolute Gasteiger partial charge is 0.272 e. The summed E-state index contributed by atoms with van der Waals surface area (Å²) in [5.41, 5.74) is 12.7. The molecule has 5 N–H and O–H groups in total. The van der Waals surface area contributed by atoms with Crippen molar-refractivity contribution in [3.05, 3.63) is 40.6 Å². The Hall–Kier alpha value is -2.68. The molecule has 1 heterocycles. The van der Waals surface area contributed by atoms with Gasteiger partial charge in [-0.2, -0.15) is 0 Å². The molecule has 2 rings (SSSR count). The van der Waals surface area contributed by atoms with Crippen molar-refractivity contribution in [1.82, 2.24) is 9.80 Å². The van der Waals surface area contributed by atoms with E-state index in [0.717, 1.165) is 5.69 Å². The van der Waals surface area contributed by atoms with Crippen LogP contribution in [0, 0.1) is 0 Å². The highest BCUT2D eigenvalue weighted by molar-refractivity contribution is 8.04. The van der Waals surface area contributed by atoms with Crippen LogP contribution in [0.1, 0.15) is 31.1 Å². The molecule has 0 spiro atoms. The number of thioether (sulfide) groups is 1. The molecule has 1 atom stereocenters. The minimum absolute atomic E-state index is 0.0842. The highest BCUT2D eigenvalue weighted by Crippen LogP contribution is 2.36. The lowest BCUT2D eigenvalue weighted by Crippen LogP contribution is -2.37. The predicted octanol–water partition coefficient (Wildman–Crippen LogP) is 1.16. The molecule has 1 aromatic rings. The largest absolute Gasteiger partial charge is 0.392 e. The van der Waals surface area contributed by atoms with Gasteiger partial charge in [-0.3, -0.25) is 14.4 Å². The number of hydrogen-bond acceptors (Lipinski definition) is 6. The summed E-state index contributed by atoms with van der Waals surface area (Å²) in [6.45, 7) is 7.55. The number of carbonyl (C=O) groups excluding carboxylic acids is 3. The summed E-state index contributed by atoms with van der Waals surface area (Å²) >= 11 is 1.30. The summed E-state index contributed by atoms with van der Waals surface area (Å²) in [4.78, 5) is 39.6. The first-order valence-electron chi connectivity index (χ1n) is 9.24. The number of carbonyl (C=O) groups is 3. The first-order valence-corrected chi connectivity index (χ1v) is 10.1. The van der Waals surface area contributed by atoms with Gasteiger partial charge in [-0.25, -0.2) is 0 Å². The van der Waals surface area contributed by atoms with E-state index in [9.17, 15) is 14.4 Å². The van der Waals surface area contributed by atoms with Crippen molar-refractivity contribution in [2.45, 2.75) is 26.0 Å². The van der Waals surface area contributed by atoms with Gasteiger partial charge in [-0.15, -0.1) is 0 Å². The number of rotatable bonds is 8. The van der Waals surface area contributed by atoms with Crippen LogP contribution in [-0.4, -0.2) is 59.0 Å². The number of hydrogen-bond donors (Lipinski definition) is 3. The third kappa shape index (κ3) is 4.59. The molecule has 1 saturated heterocycles. The van der Waals surface area contributed by atoms with Gasteiger partial charge in [0.05, 0.1) is 0 Å². The highest BCUT2D eigenvalue weighted by Gasteiger charge is 2.38. The van der Waals surface area contributed by atoms with E-state index in [1.54, 1.807) is 34.1 Å². The second-order valence-electron chi connectivity index (χ2n) is 6.21. The number of nitrogens with one attached hydrogen (secondary N) is 1. The van der Waals surface area contributed by atoms with Crippen LogP contribution < -0.4 is 16.8 Å². The lowest BCUT2D eigenvalue weighted by molar-refractivity contribution is -0.127. The lowest BCUT2D eigenvalue weighted by Gasteiger charge is -2.21. The van der Waals surface area contributed by atoms with E-state index in [2.05, 4.69) is 5.32 Å². The molecule has 1 aliphatic heterocycles. The van der Waals surface area contributed by atoms with Gasteiger partial charge >= 0.3 is 0 Å². The van der Waals surface area contributed by atoms with E-state index < -0.39 is 11.2 Å². The summed E-state index contributed by atoms with van der Waals surface area (Å²) in [5.74, 6) is -0.830. The van der Waals surface area contributed by atoms with Crippen molar-refractivity contribution in [2.24, 2.45) is 11.5 Å². The SMILES string of the molecule is CCN(CC)C(=O)/C(N)=C1\S[C@H](CNc2ccc(C(N)=O)cc2)C(=O)N1CC. The quantitative estimate of drug-likeness (QED) is 0.558. The number of benzene rings is 1. The summed E-state index contributed by atoms with van der Waals surface area (Å²) in [7, 11) is 0. The van der Waals surface area contributed by atoms with Crippen molar-refractivity contribution in [1.29, 1.82) is 0 Å². The van der Waals surface area contributed by atoms with E-state index >= 15 is 0 Å². The molecule has 0 unspecified atom stereocenters. The normalized spacial score (nSPS) is 18.2. The van der Waals surface area contributed by atoms with E-state index in [0.29, 0.717) is 36.8 Å². The Balaban J connectivity index is 2.13. The fourth-order valence-electron chi connectivity index (χ4n) is 2.90. The molecule has 0 radical (unpaired) electrons. The van der Waals surface area contributed by atoms with Crippen LogP contribution in [0.3, 0.4) is 0 Å². The van der Waals surface area contributed by atoms with Crippen molar-refractivity contribution in [2.75, 3.05) is 31.5 Å². The number of anilines is 1. The maximum atomic E-state index is 12.7. The molecule has 0 aromatic heterocycles.